The summed E-state index contributed by atoms with van der Waals surface area (Å²) in [5.74, 6) is 0.817. The number of amides is 1. The van der Waals surface area contributed by atoms with Crippen LogP contribution in [0, 0.1) is 12.8 Å². The van der Waals surface area contributed by atoms with Gasteiger partial charge in [-0.05, 0) is 45.2 Å². The van der Waals surface area contributed by atoms with E-state index in [2.05, 4.69) is 5.32 Å². The molecular formula is C18H28N2O2. The number of ether oxygens (including phenoxy) is 1. The third kappa shape index (κ3) is 4.01. The Morgan fingerprint density at radius 2 is 2.23 bits per heavy atom. The van der Waals surface area contributed by atoms with Crippen LogP contribution in [0.1, 0.15) is 50.7 Å². The maximum absolute atomic E-state index is 12.5. The topological polar surface area (TPSA) is 64.3 Å². The molecule has 1 fully saturated rings. The van der Waals surface area contributed by atoms with Crippen LogP contribution in [-0.4, -0.2) is 18.1 Å². The summed E-state index contributed by atoms with van der Waals surface area (Å²) in [7, 11) is 0. The summed E-state index contributed by atoms with van der Waals surface area (Å²) in [5.41, 5.74) is 8.08. The van der Waals surface area contributed by atoms with E-state index in [9.17, 15) is 4.79 Å². The van der Waals surface area contributed by atoms with E-state index < -0.39 is 5.54 Å². The molecule has 2 unspecified atom stereocenters. The van der Waals surface area contributed by atoms with Crippen molar-refractivity contribution in [2.75, 3.05) is 6.61 Å². The van der Waals surface area contributed by atoms with Gasteiger partial charge in [0.1, 0.15) is 5.75 Å². The highest BCUT2D eigenvalue weighted by Crippen LogP contribution is 2.31. The Morgan fingerprint density at radius 3 is 2.91 bits per heavy atom. The molecule has 22 heavy (non-hydrogen) atoms. The summed E-state index contributed by atoms with van der Waals surface area (Å²) in [6.07, 6.45) is 3.99. The fraction of sp³-hybridized carbons (Fsp3) is 0.611. The predicted octanol–water partition coefficient (Wildman–Crippen LogP) is 2.92. The Bertz CT molecular complexity index is 526. The van der Waals surface area contributed by atoms with Gasteiger partial charge in [-0.2, -0.15) is 0 Å². The van der Waals surface area contributed by atoms with E-state index in [0.717, 1.165) is 42.6 Å². The molecule has 0 saturated heterocycles. The zero-order valence-electron chi connectivity index (χ0n) is 13.9. The third-order valence-electron chi connectivity index (χ3n) is 4.55. The van der Waals surface area contributed by atoms with E-state index in [1.165, 1.54) is 0 Å². The molecule has 4 nitrogen and oxygen atoms in total. The molecule has 0 aromatic heterocycles. The summed E-state index contributed by atoms with van der Waals surface area (Å²) in [4.78, 5) is 12.5. The highest BCUT2D eigenvalue weighted by molar-refractivity contribution is 5.80. The van der Waals surface area contributed by atoms with E-state index in [0.29, 0.717) is 13.2 Å². The van der Waals surface area contributed by atoms with Gasteiger partial charge >= 0.3 is 0 Å². The molecule has 122 valence electrons. The Hall–Kier alpha value is -1.55. The summed E-state index contributed by atoms with van der Waals surface area (Å²) < 4.78 is 5.66. The van der Waals surface area contributed by atoms with Crippen molar-refractivity contribution in [2.24, 2.45) is 11.7 Å². The van der Waals surface area contributed by atoms with Crippen molar-refractivity contribution < 1.29 is 9.53 Å². The fourth-order valence-corrected chi connectivity index (χ4v) is 3.19. The van der Waals surface area contributed by atoms with Crippen LogP contribution in [0.5, 0.6) is 5.75 Å². The molecule has 4 heteroatoms. The van der Waals surface area contributed by atoms with Crippen molar-refractivity contribution in [3.8, 4) is 5.75 Å². The van der Waals surface area contributed by atoms with Crippen LogP contribution in [0.4, 0.5) is 0 Å². The Balaban J connectivity index is 2.02. The molecule has 1 aromatic carbocycles. The lowest BCUT2D eigenvalue weighted by atomic mass is 9.74. The van der Waals surface area contributed by atoms with Gasteiger partial charge in [0.2, 0.25) is 5.91 Å². The highest BCUT2D eigenvalue weighted by atomic mass is 16.5. The molecule has 1 aliphatic carbocycles. The molecule has 0 heterocycles. The van der Waals surface area contributed by atoms with Gasteiger partial charge in [-0.15, -0.1) is 0 Å². The quantitative estimate of drug-likeness (QED) is 0.879. The average Bonchev–Trinajstić information content (AvgIpc) is 2.46. The van der Waals surface area contributed by atoms with Crippen LogP contribution in [0.2, 0.25) is 0 Å². The van der Waals surface area contributed by atoms with Crippen LogP contribution in [0.3, 0.4) is 0 Å². The molecular weight excluding hydrogens is 276 g/mol. The van der Waals surface area contributed by atoms with Gasteiger partial charge in [-0.3, -0.25) is 4.79 Å². The number of aryl methyl sites for hydroxylation is 1. The first-order chi connectivity index (χ1) is 10.4. The maximum Gasteiger partial charge on any atom is 0.225 e. The first kappa shape index (κ1) is 16.8. The number of hydrogen-bond acceptors (Lipinski definition) is 3. The molecule has 2 atom stereocenters. The van der Waals surface area contributed by atoms with Crippen LogP contribution in [0.25, 0.3) is 0 Å². The number of carbonyl (C=O) groups excluding carboxylic acids is 1. The second-order valence-corrected chi connectivity index (χ2v) is 6.57. The molecule has 2 rings (SSSR count). The smallest absolute Gasteiger partial charge is 0.225 e. The monoisotopic (exact) mass is 304 g/mol. The Morgan fingerprint density at radius 1 is 1.45 bits per heavy atom. The average molecular weight is 304 g/mol. The molecule has 1 aliphatic rings. The molecule has 0 bridgehead atoms. The summed E-state index contributed by atoms with van der Waals surface area (Å²) in [6, 6.07) is 6.07. The second kappa shape index (κ2) is 7.14. The van der Waals surface area contributed by atoms with Crippen molar-refractivity contribution in [3.63, 3.8) is 0 Å². The number of hydrogen-bond donors (Lipinski definition) is 2. The molecule has 1 saturated carbocycles. The highest BCUT2D eigenvalue weighted by Gasteiger charge is 2.37. The second-order valence-electron chi connectivity index (χ2n) is 6.57. The minimum atomic E-state index is -0.391. The van der Waals surface area contributed by atoms with Crippen molar-refractivity contribution in [1.82, 2.24) is 5.32 Å². The van der Waals surface area contributed by atoms with Crippen molar-refractivity contribution in [2.45, 2.75) is 58.5 Å². The molecule has 3 N–H and O–H groups in total. The SMILES string of the molecule is CCOc1cc(C)ccc1CNC(=O)C1CCCCC1(C)N. The van der Waals surface area contributed by atoms with E-state index in [1.807, 2.05) is 39.0 Å². The maximum atomic E-state index is 12.5. The number of nitrogens with two attached hydrogens (primary N) is 1. The van der Waals surface area contributed by atoms with Crippen LogP contribution in [-0.2, 0) is 11.3 Å². The lowest BCUT2D eigenvalue weighted by molar-refractivity contribution is -0.128. The number of rotatable bonds is 5. The van der Waals surface area contributed by atoms with Gasteiger partial charge in [0.25, 0.3) is 0 Å². The largest absolute Gasteiger partial charge is 0.494 e. The van der Waals surface area contributed by atoms with Crippen LogP contribution in [0.15, 0.2) is 18.2 Å². The number of benzene rings is 1. The fourth-order valence-electron chi connectivity index (χ4n) is 3.19. The van der Waals surface area contributed by atoms with Gasteiger partial charge in [-0.25, -0.2) is 0 Å². The first-order valence-electron chi connectivity index (χ1n) is 8.23. The van der Waals surface area contributed by atoms with E-state index >= 15 is 0 Å². The van der Waals surface area contributed by atoms with Gasteiger partial charge in [0.15, 0.2) is 0 Å². The zero-order chi connectivity index (χ0) is 16.2. The summed E-state index contributed by atoms with van der Waals surface area (Å²) >= 11 is 0. The minimum Gasteiger partial charge on any atom is -0.494 e. The molecule has 0 spiro atoms. The van der Waals surface area contributed by atoms with Gasteiger partial charge < -0.3 is 15.8 Å². The van der Waals surface area contributed by atoms with Crippen molar-refractivity contribution in [3.05, 3.63) is 29.3 Å². The minimum absolute atomic E-state index is 0.0627. The molecule has 0 radical (unpaired) electrons. The Kier molecular flexibility index (Phi) is 5.46. The lowest BCUT2D eigenvalue weighted by Gasteiger charge is -2.37. The Labute approximate surface area is 133 Å². The summed E-state index contributed by atoms with van der Waals surface area (Å²) in [5, 5.41) is 3.04. The predicted molar refractivity (Wildman–Crippen MR) is 88.7 cm³/mol. The zero-order valence-corrected chi connectivity index (χ0v) is 13.9. The number of carbonyl (C=O) groups is 1. The third-order valence-corrected chi connectivity index (χ3v) is 4.55. The number of nitrogens with one attached hydrogen (secondary N) is 1. The van der Waals surface area contributed by atoms with Gasteiger partial charge in [0, 0.05) is 17.6 Å². The molecule has 1 amide bonds. The van der Waals surface area contributed by atoms with E-state index in [4.69, 9.17) is 10.5 Å². The van der Waals surface area contributed by atoms with E-state index in [-0.39, 0.29) is 11.8 Å². The lowest BCUT2D eigenvalue weighted by Crippen LogP contribution is -2.52. The van der Waals surface area contributed by atoms with E-state index in [1.54, 1.807) is 0 Å². The van der Waals surface area contributed by atoms with Crippen LogP contribution < -0.4 is 15.8 Å². The first-order valence-corrected chi connectivity index (χ1v) is 8.23. The molecule has 1 aromatic rings. The van der Waals surface area contributed by atoms with Crippen molar-refractivity contribution >= 4 is 5.91 Å². The summed E-state index contributed by atoms with van der Waals surface area (Å²) in [6.45, 7) is 7.10. The van der Waals surface area contributed by atoms with Crippen LogP contribution >= 0.6 is 0 Å². The normalized spacial score (nSPS) is 24.8. The molecule has 0 aliphatic heterocycles. The van der Waals surface area contributed by atoms with Gasteiger partial charge in [0.05, 0.1) is 12.5 Å². The standard InChI is InChI=1S/C18H28N2O2/c1-4-22-16-11-13(2)8-9-14(16)12-20-17(21)15-7-5-6-10-18(15,3)19/h8-9,11,15H,4-7,10,12,19H2,1-3H3,(H,20,21). The van der Waals surface area contributed by atoms with Gasteiger partial charge in [-0.1, -0.05) is 25.0 Å². The van der Waals surface area contributed by atoms with Crippen molar-refractivity contribution in [1.29, 1.82) is 0 Å².